The first-order chi connectivity index (χ1) is 8.60. The third-order valence-corrected chi connectivity index (χ3v) is 4.69. The van der Waals surface area contributed by atoms with E-state index in [1.165, 1.54) is 21.7 Å². The molecule has 0 bridgehead atoms. The second kappa shape index (κ2) is 7.93. The Labute approximate surface area is 116 Å². The minimum Gasteiger partial charge on any atom is -0.385 e. The summed E-state index contributed by atoms with van der Waals surface area (Å²) in [6, 6.07) is 2.81. The highest BCUT2D eigenvalue weighted by Crippen LogP contribution is 2.32. The zero-order chi connectivity index (χ0) is 13.5. The van der Waals surface area contributed by atoms with Crippen LogP contribution in [0.2, 0.25) is 0 Å². The molecule has 0 aliphatic heterocycles. The summed E-state index contributed by atoms with van der Waals surface area (Å²) >= 11 is 1.93. The summed E-state index contributed by atoms with van der Waals surface area (Å²) in [5, 5.41) is 3.69. The van der Waals surface area contributed by atoms with Crippen molar-refractivity contribution in [3.8, 4) is 0 Å². The van der Waals surface area contributed by atoms with Gasteiger partial charge in [-0.05, 0) is 50.8 Å². The van der Waals surface area contributed by atoms with Crippen molar-refractivity contribution >= 4 is 11.3 Å². The average molecular weight is 269 g/mol. The summed E-state index contributed by atoms with van der Waals surface area (Å²) in [5.74, 6) is 0.606. The second-order valence-corrected chi connectivity index (χ2v) is 6.37. The molecular weight excluding hydrogens is 242 g/mol. The molecule has 0 radical (unpaired) electrons. The van der Waals surface area contributed by atoms with E-state index in [9.17, 15) is 0 Å². The molecule has 0 amide bonds. The fraction of sp³-hybridized carbons (Fsp3) is 0.733. The molecular formula is C15H27NOS. The largest absolute Gasteiger partial charge is 0.385 e. The van der Waals surface area contributed by atoms with Crippen LogP contribution in [0.25, 0.3) is 0 Å². The highest BCUT2D eigenvalue weighted by Gasteiger charge is 2.20. The molecule has 1 heterocycles. The van der Waals surface area contributed by atoms with Crippen molar-refractivity contribution in [2.75, 3.05) is 20.3 Å². The zero-order valence-corrected chi connectivity index (χ0v) is 13.2. The van der Waals surface area contributed by atoms with E-state index in [2.05, 4.69) is 39.1 Å². The topological polar surface area (TPSA) is 21.3 Å². The molecule has 0 saturated heterocycles. The van der Waals surface area contributed by atoms with Crippen LogP contribution in [0.4, 0.5) is 0 Å². The highest BCUT2D eigenvalue weighted by atomic mass is 32.1. The van der Waals surface area contributed by atoms with Crippen LogP contribution in [-0.2, 0) is 4.74 Å². The van der Waals surface area contributed by atoms with Crippen LogP contribution >= 0.6 is 11.3 Å². The van der Waals surface area contributed by atoms with Crippen LogP contribution in [0.1, 0.15) is 48.0 Å². The maximum atomic E-state index is 5.21. The minimum absolute atomic E-state index is 0.470. The molecule has 0 aliphatic rings. The fourth-order valence-corrected chi connectivity index (χ4v) is 3.36. The Morgan fingerprint density at radius 1 is 1.39 bits per heavy atom. The molecule has 0 aromatic carbocycles. The van der Waals surface area contributed by atoms with Crippen LogP contribution < -0.4 is 5.32 Å². The number of methoxy groups -OCH3 is 1. The number of nitrogens with one attached hydrogen (secondary N) is 1. The third-order valence-electron chi connectivity index (χ3n) is 3.45. The van der Waals surface area contributed by atoms with Crippen LogP contribution in [0.15, 0.2) is 6.07 Å². The van der Waals surface area contributed by atoms with E-state index in [-0.39, 0.29) is 0 Å². The Hall–Kier alpha value is -0.380. The first kappa shape index (κ1) is 15.7. The summed E-state index contributed by atoms with van der Waals surface area (Å²) in [6.45, 7) is 10.9. The van der Waals surface area contributed by atoms with Crippen LogP contribution in [0, 0.1) is 19.8 Å². The molecule has 0 fully saturated rings. The van der Waals surface area contributed by atoms with E-state index in [1.807, 2.05) is 11.3 Å². The zero-order valence-electron chi connectivity index (χ0n) is 12.4. The lowest BCUT2D eigenvalue weighted by molar-refractivity contribution is 0.170. The predicted octanol–water partition coefficient (Wildman–Crippen LogP) is 4.08. The fourth-order valence-electron chi connectivity index (χ4n) is 2.11. The smallest absolute Gasteiger partial charge is 0.0465 e. The Kier molecular flexibility index (Phi) is 6.90. The van der Waals surface area contributed by atoms with Gasteiger partial charge in [-0.25, -0.2) is 0 Å². The molecule has 1 aromatic heterocycles. The summed E-state index contributed by atoms with van der Waals surface area (Å²) < 4.78 is 5.21. The van der Waals surface area contributed by atoms with Gasteiger partial charge in [-0.3, -0.25) is 0 Å². The molecule has 1 rings (SSSR count). The Morgan fingerprint density at radius 3 is 2.61 bits per heavy atom. The Bertz CT molecular complexity index is 329. The van der Waals surface area contributed by atoms with Crippen molar-refractivity contribution in [1.82, 2.24) is 5.32 Å². The number of hydrogen-bond donors (Lipinski definition) is 1. The second-order valence-electron chi connectivity index (χ2n) is 5.08. The van der Waals surface area contributed by atoms with Crippen molar-refractivity contribution in [2.45, 2.75) is 46.6 Å². The molecule has 1 aromatic rings. The van der Waals surface area contributed by atoms with E-state index < -0.39 is 0 Å². The van der Waals surface area contributed by atoms with E-state index in [0.29, 0.717) is 12.0 Å². The van der Waals surface area contributed by atoms with Crippen molar-refractivity contribution < 1.29 is 4.74 Å². The minimum atomic E-state index is 0.470. The Morgan fingerprint density at radius 2 is 2.11 bits per heavy atom. The maximum Gasteiger partial charge on any atom is 0.0465 e. The number of hydrogen-bond acceptors (Lipinski definition) is 3. The molecule has 2 atom stereocenters. The van der Waals surface area contributed by atoms with Gasteiger partial charge in [0, 0.05) is 29.5 Å². The monoisotopic (exact) mass is 269 g/mol. The first-order valence-electron chi connectivity index (χ1n) is 6.89. The van der Waals surface area contributed by atoms with Crippen molar-refractivity contribution in [2.24, 2.45) is 5.92 Å². The SMILES string of the molecule is CCCNC(c1cc(C)c(C)s1)C(C)CCOC. The summed E-state index contributed by atoms with van der Waals surface area (Å²) in [5.41, 5.74) is 1.41. The maximum absolute atomic E-state index is 5.21. The number of ether oxygens (including phenoxy) is 1. The van der Waals surface area contributed by atoms with Gasteiger partial charge in [-0.2, -0.15) is 0 Å². The lowest BCUT2D eigenvalue weighted by Crippen LogP contribution is -2.27. The van der Waals surface area contributed by atoms with Crippen LogP contribution in [-0.4, -0.2) is 20.3 Å². The summed E-state index contributed by atoms with van der Waals surface area (Å²) in [6.07, 6.45) is 2.28. The number of thiophene rings is 1. The predicted molar refractivity (Wildman–Crippen MR) is 80.5 cm³/mol. The van der Waals surface area contributed by atoms with Crippen LogP contribution in [0.3, 0.4) is 0 Å². The first-order valence-corrected chi connectivity index (χ1v) is 7.71. The molecule has 2 unspecified atom stereocenters. The van der Waals surface area contributed by atoms with E-state index in [4.69, 9.17) is 4.74 Å². The highest BCUT2D eigenvalue weighted by molar-refractivity contribution is 7.12. The van der Waals surface area contributed by atoms with Crippen molar-refractivity contribution in [3.63, 3.8) is 0 Å². The molecule has 3 heteroatoms. The van der Waals surface area contributed by atoms with Gasteiger partial charge < -0.3 is 10.1 Å². The molecule has 18 heavy (non-hydrogen) atoms. The standard InChI is InChI=1S/C15H27NOS/c1-6-8-16-15(11(2)7-9-17-5)14-10-12(3)13(4)18-14/h10-11,15-16H,6-9H2,1-5H3. The van der Waals surface area contributed by atoms with Crippen molar-refractivity contribution in [3.05, 3.63) is 21.4 Å². The third kappa shape index (κ3) is 4.38. The lowest BCUT2D eigenvalue weighted by Gasteiger charge is -2.24. The van der Waals surface area contributed by atoms with E-state index >= 15 is 0 Å². The number of aryl methyl sites for hydroxylation is 2. The Balaban J connectivity index is 2.76. The number of rotatable bonds is 8. The summed E-state index contributed by atoms with van der Waals surface area (Å²) in [7, 11) is 1.78. The van der Waals surface area contributed by atoms with Gasteiger partial charge in [0.15, 0.2) is 0 Å². The van der Waals surface area contributed by atoms with Gasteiger partial charge in [-0.1, -0.05) is 13.8 Å². The van der Waals surface area contributed by atoms with Gasteiger partial charge in [0.05, 0.1) is 0 Å². The summed E-state index contributed by atoms with van der Waals surface area (Å²) in [4.78, 5) is 2.91. The van der Waals surface area contributed by atoms with Gasteiger partial charge in [0.2, 0.25) is 0 Å². The molecule has 0 aliphatic carbocycles. The molecule has 2 nitrogen and oxygen atoms in total. The average Bonchev–Trinajstić information content (AvgIpc) is 2.67. The van der Waals surface area contributed by atoms with E-state index in [1.54, 1.807) is 7.11 Å². The van der Waals surface area contributed by atoms with Crippen molar-refractivity contribution in [1.29, 1.82) is 0 Å². The lowest BCUT2D eigenvalue weighted by atomic mass is 9.96. The van der Waals surface area contributed by atoms with Gasteiger partial charge in [-0.15, -0.1) is 11.3 Å². The van der Waals surface area contributed by atoms with Gasteiger partial charge >= 0.3 is 0 Å². The molecule has 0 saturated carbocycles. The quantitative estimate of drug-likeness (QED) is 0.768. The van der Waals surface area contributed by atoms with E-state index in [0.717, 1.165) is 19.6 Å². The molecule has 104 valence electrons. The van der Waals surface area contributed by atoms with Gasteiger partial charge in [0.1, 0.15) is 0 Å². The molecule has 0 spiro atoms. The van der Waals surface area contributed by atoms with Crippen LogP contribution in [0.5, 0.6) is 0 Å². The molecule has 1 N–H and O–H groups in total. The normalized spacial score (nSPS) is 14.7. The van der Waals surface area contributed by atoms with Gasteiger partial charge in [0.25, 0.3) is 0 Å².